The van der Waals surface area contributed by atoms with E-state index in [1.54, 1.807) is 0 Å². The van der Waals surface area contributed by atoms with Crippen molar-refractivity contribution in [1.82, 2.24) is 4.90 Å². The third kappa shape index (κ3) is 4.18. The van der Waals surface area contributed by atoms with Crippen LogP contribution in [-0.2, 0) is 14.3 Å². The molecular weight excluding hydrogens is 210 g/mol. The van der Waals surface area contributed by atoms with Crippen LogP contribution in [0.15, 0.2) is 0 Å². The third-order valence-electron chi connectivity index (χ3n) is 2.50. The summed E-state index contributed by atoms with van der Waals surface area (Å²) >= 11 is 0. The minimum atomic E-state index is -1.19. The van der Waals surface area contributed by atoms with Crippen LogP contribution in [0.4, 0.5) is 0 Å². The predicted octanol–water partition coefficient (Wildman–Crippen LogP) is 1.12. The average molecular weight is 231 g/mol. The summed E-state index contributed by atoms with van der Waals surface area (Å²) in [5.41, 5.74) is -1.19. The molecule has 0 aromatic carbocycles. The highest BCUT2D eigenvalue weighted by molar-refractivity contribution is 5.86. The number of amides is 1. The summed E-state index contributed by atoms with van der Waals surface area (Å²) in [7, 11) is 1.49. The molecule has 0 aliphatic rings. The molecule has 16 heavy (non-hydrogen) atoms. The largest absolute Gasteiger partial charge is 0.480 e. The number of likely N-dealkylation sites (N-methyl/N-ethyl adjacent to an activating group) is 1. The van der Waals surface area contributed by atoms with Crippen LogP contribution in [0, 0.1) is 0 Å². The van der Waals surface area contributed by atoms with E-state index in [2.05, 4.69) is 0 Å². The third-order valence-corrected chi connectivity index (χ3v) is 2.50. The van der Waals surface area contributed by atoms with Crippen LogP contribution < -0.4 is 0 Å². The van der Waals surface area contributed by atoms with Crippen molar-refractivity contribution in [1.29, 1.82) is 0 Å². The Balaban J connectivity index is 4.24. The first-order chi connectivity index (χ1) is 7.19. The Bertz CT molecular complexity index is 261. The first kappa shape index (κ1) is 14.9. The van der Waals surface area contributed by atoms with Crippen molar-refractivity contribution >= 4 is 11.9 Å². The number of rotatable bonds is 6. The number of carboxylic acids is 1. The van der Waals surface area contributed by atoms with Crippen LogP contribution in [0.3, 0.4) is 0 Å². The molecule has 1 N–H and O–H groups in total. The van der Waals surface area contributed by atoms with E-state index in [0.717, 1.165) is 0 Å². The second-order valence-corrected chi connectivity index (χ2v) is 4.49. The summed E-state index contributed by atoms with van der Waals surface area (Å²) in [6, 6.07) is 0. The lowest BCUT2D eigenvalue weighted by Gasteiger charge is -2.31. The molecule has 0 bridgehead atoms. The lowest BCUT2D eigenvalue weighted by atomic mass is 10.0. The molecule has 0 aliphatic carbocycles. The highest BCUT2D eigenvalue weighted by Gasteiger charge is 2.34. The van der Waals surface area contributed by atoms with Gasteiger partial charge in [-0.05, 0) is 27.7 Å². The summed E-state index contributed by atoms with van der Waals surface area (Å²) in [6.45, 7) is 7.08. The van der Waals surface area contributed by atoms with Crippen molar-refractivity contribution in [3.63, 3.8) is 0 Å². The van der Waals surface area contributed by atoms with E-state index < -0.39 is 11.5 Å². The summed E-state index contributed by atoms with van der Waals surface area (Å²) in [6.07, 6.45) is 0.274. The molecule has 0 aliphatic heterocycles. The van der Waals surface area contributed by atoms with Crippen molar-refractivity contribution < 1.29 is 19.4 Å². The normalized spacial score (nSPS) is 11.6. The van der Waals surface area contributed by atoms with Gasteiger partial charge in [0.2, 0.25) is 5.91 Å². The maximum Gasteiger partial charge on any atom is 0.329 e. The van der Waals surface area contributed by atoms with Crippen molar-refractivity contribution in [2.24, 2.45) is 0 Å². The molecular formula is C11H21NO4. The van der Waals surface area contributed by atoms with Gasteiger partial charge in [0.1, 0.15) is 5.54 Å². The van der Waals surface area contributed by atoms with Crippen LogP contribution >= 0.6 is 0 Å². The van der Waals surface area contributed by atoms with Gasteiger partial charge in [-0.25, -0.2) is 4.79 Å². The molecule has 0 rings (SSSR count). The maximum absolute atomic E-state index is 11.7. The molecule has 0 aromatic heterocycles. The fourth-order valence-electron chi connectivity index (χ4n) is 1.00. The Kier molecular flexibility index (Phi) is 5.44. The molecule has 0 saturated heterocycles. The van der Waals surface area contributed by atoms with Gasteiger partial charge in [-0.2, -0.15) is 0 Å². The summed E-state index contributed by atoms with van der Waals surface area (Å²) in [4.78, 5) is 23.8. The summed E-state index contributed by atoms with van der Waals surface area (Å²) in [5.74, 6) is -1.25. The van der Waals surface area contributed by atoms with Crippen LogP contribution in [0.25, 0.3) is 0 Å². The lowest BCUT2D eigenvalue weighted by molar-refractivity contribution is -0.155. The summed E-state index contributed by atoms with van der Waals surface area (Å²) in [5, 5.41) is 8.95. The Hall–Kier alpha value is -1.10. The Morgan fingerprint density at radius 1 is 1.38 bits per heavy atom. The van der Waals surface area contributed by atoms with E-state index in [0.29, 0.717) is 6.61 Å². The Morgan fingerprint density at radius 3 is 2.25 bits per heavy atom. The highest BCUT2D eigenvalue weighted by atomic mass is 16.5. The van der Waals surface area contributed by atoms with Gasteiger partial charge in [0.25, 0.3) is 0 Å². The fourth-order valence-corrected chi connectivity index (χ4v) is 1.00. The van der Waals surface area contributed by atoms with Crippen molar-refractivity contribution in [2.75, 3.05) is 13.7 Å². The molecule has 94 valence electrons. The van der Waals surface area contributed by atoms with Gasteiger partial charge in [0, 0.05) is 7.05 Å². The molecule has 0 atom stereocenters. The Morgan fingerprint density at radius 2 is 1.88 bits per heavy atom. The smallest absolute Gasteiger partial charge is 0.329 e. The number of hydrogen-bond donors (Lipinski definition) is 1. The molecule has 0 radical (unpaired) electrons. The molecule has 0 aromatic rings. The zero-order chi connectivity index (χ0) is 12.9. The number of nitrogens with zero attached hydrogens (tertiary/aromatic N) is 1. The van der Waals surface area contributed by atoms with E-state index in [1.807, 2.05) is 13.8 Å². The number of aliphatic carboxylic acids is 1. The first-order valence-corrected chi connectivity index (χ1v) is 5.31. The van der Waals surface area contributed by atoms with E-state index in [-0.39, 0.29) is 18.4 Å². The zero-order valence-electron chi connectivity index (χ0n) is 10.6. The molecule has 0 fully saturated rings. The average Bonchev–Trinajstić information content (AvgIpc) is 2.15. The number of carbonyl (C=O) groups is 2. The monoisotopic (exact) mass is 231 g/mol. The summed E-state index contributed by atoms with van der Waals surface area (Å²) < 4.78 is 5.24. The quantitative estimate of drug-likeness (QED) is 0.744. The number of carbonyl (C=O) groups excluding carboxylic acids is 1. The lowest BCUT2D eigenvalue weighted by Crippen LogP contribution is -2.51. The van der Waals surface area contributed by atoms with E-state index in [9.17, 15) is 9.59 Å². The van der Waals surface area contributed by atoms with Gasteiger partial charge in [-0.15, -0.1) is 0 Å². The van der Waals surface area contributed by atoms with E-state index in [1.165, 1.54) is 25.8 Å². The highest BCUT2D eigenvalue weighted by Crippen LogP contribution is 2.13. The number of ether oxygens (including phenoxy) is 1. The first-order valence-electron chi connectivity index (χ1n) is 5.31. The van der Waals surface area contributed by atoms with Gasteiger partial charge in [-0.3, -0.25) is 4.79 Å². The number of hydrogen-bond acceptors (Lipinski definition) is 3. The van der Waals surface area contributed by atoms with Gasteiger partial charge in [-0.1, -0.05) is 0 Å². The van der Waals surface area contributed by atoms with Gasteiger partial charge in [0.15, 0.2) is 0 Å². The van der Waals surface area contributed by atoms with Crippen molar-refractivity contribution in [2.45, 2.75) is 45.8 Å². The van der Waals surface area contributed by atoms with Gasteiger partial charge < -0.3 is 14.7 Å². The minimum Gasteiger partial charge on any atom is -0.480 e. The van der Waals surface area contributed by atoms with Gasteiger partial charge >= 0.3 is 5.97 Å². The minimum absolute atomic E-state index is 0.0746. The van der Waals surface area contributed by atoms with Crippen molar-refractivity contribution in [3.8, 4) is 0 Å². The topological polar surface area (TPSA) is 66.8 Å². The zero-order valence-corrected chi connectivity index (χ0v) is 10.6. The SMILES string of the molecule is CC(C)OCCC(=O)N(C)C(C)(C)C(=O)O. The molecule has 0 unspecified atom stereocenters. The van der Waals surface area contributed by atoms with E-state index in [4.69, 9.17) is 9.84 Å². The predicted molar refractivity (Wildman–Crippen MR) is 60.2 cm³/mol. The maximum atomic E-state index is 11.7. The fraction of sp³-hybridized carbons (Fsp3) is 0.818. The van der Waals surface area contributed by atoms with Gasteiger partial charge in [0.05, 0.1) is 19.1 Å². The van der Waals surface area contributed by atoms with Crippen LogP contribution in [0.5, 0.6) is 0 Å². The molecule has 5 nitrogen and oxygen atoms in total. The molecule has 0 heterocycles. The second kappa shape index (κ2) is 5.84. The molecule has 5 heteroatoms. The Labute approximate surface area is 96.4 Å². The molecule has 1 amide bonds. The van der Waals surface area contributed by atoms with Crippen LogP contribution in [0.2, 0.25) is 0 Å². The molecule has 0 spiro atoms. The molecule has 0 saturated carbocycles. The van der Waals surface area contributed by atoms with Crippen LogP contribution in [0.1, 0.15) is 34.1 Å². The van der Waals surface area contributed by atoms with E-state index >= 15 is 0 Å². The second-order valence-electron chi connectivity index (χ2n) is 4.49. The van der Waals surface area contributed by atoms with Crippen molar-refractivity contribution in [3.05, 3.63) is 0 Å². The standard InChI is InChI=1S/C11H21NO4/c1-8(2)16-7-6-9(13)12(5)11(3,4)10(14)15/h8H,6-7H2,1-5H3,(H,14,15). The van der Waals surface area contributed by atoms with Crippen LogP contribution in [-0.4, -0.2) is 47.2 Å². The number of carboxylic acid groups (broad SMARTS) is 1.